The van der Waals surface area contributed by atoms with E-state index in [-0.39, 0.29) is 5.91 Å². The number of thiophene rings is 1. The third kappa shape index (κ3) is 3.15. The molecule has 6 heteroatoms. The summed E-state index contributed by atoms with van der Waals surface area (Å²) in [5, 5.41) is 13.5. The number of nitrogens with one attached hydrogen (secondary N) is 1. The number of anilines is 1. The predicted octanol–water partition coefficient (Wildman–Crippen LogP) is 3.13. The second kappa shape index (κ2) is 6.89. The molecule has 0 aromatic carbocycles. The summed E-state index contributed by atoms with van der Waals surface area (Å²) in [6, 6.07) is 4.18. The van der Waals surface area contributed by atoms with Crippen molar-refractivity contribution in [3.05, 3.63) is 39.7 Å². The molecule has 0 saturated carbocycles. The number of carbonyl (C=O) groups is 1. The lowest BCUT2D eigenvalue weighted by Crippen LogP contribution is -2.42. The first-order valence-corrected chi connectivity index (χ1v) is 9.62. The maximum Gasteiger partial charge on any atom is 0.254 e. The van der Waals surface area contributed by atoms with Crippen molar-refractivity contribution in [1.29, 1.82) is 0 Å². The largest absolute Gasteiger partial charge is 0.366 e. The van der Waals surface area contributed by atoms with E-state index in [4.69, 9.17) is 0 Å². The molecule has 3 heterocycles. The van der Waals surface area contributed by atoms with E-state index in [1.54, 1.807) is 17.5 Å². The first kappa shape index (κ1) is 15.6. The topological polar surface area (TPSA) is 58.1 Å². The van der Waals surface area contributed by atoms with E-state index in [1.165, 1.54) is 23.3 Å². The van der Waals surface area contributed by atoms with Crippen LogP contribution >= 0.6 is 11.3 Å². The Morgan fingerprint density at radius 3 is 2.88 bits per heavy atom. The first-order chi connectivity index (χ1) is 11.8. The van der Waals surface area contributed by atoms with Gasteiger partial charge in [-0.1, -0.05) is 0 Å². The van der Waals surface area contributed by atoms with Crippen LogP contribution in [0.15, 0.2) is 23.7 Å². The van der Waals surface area contributed by atoms with Crippen LogP contribution in [0, 0.1) is 0 Å². The van der Waals surface area contributed by atoms with Crippen molar-refractivity contribution in [2.24, 2.45) is 0 Å². The van der Waals surface area contributed by atoms with Gasteiger partial charge >= 0.3 is 0 Å². The number of aromatic nitrogens is 2. The van der Waals surface area contributed by atoms with Crippen LogP contribution in [0.3, 0.4) is 0 Å². The van der Waals surface area contributed by atoms with Crippen LogP contribution in [0.5, 0.6) is 0 Å². The summed E-state index contributed by atoms with van der Waals surface area (Å²) in [5.74, 6) is 1.04. The van der Waals surface area contributed by atoms with Crippen molar-refractivity contribution in [1.82, 2.24) is 15.1 Å². The van der Waals surface area contributed by atoms with Gasteiger partial charge in [0.1, 0.15) is 5.82 Å². The van der Waals surface area contributed by atoms with Crippen molar-refractivity contribution in [2.45, 2.75) is 44.6 Å². The van der Waals surface area contributed by atoms with Gasteiger partial charge in [0, 0.05) is 35.6 Å². The molecule has 0 atom stereocenters. The Labute approximate surface area is 146 Å². The number of likely N-dealkylation sites (tertiary alicyclic amines) is 1. The average Bonchev–Trinajstić information content (AvgIpc) is 3.07. The van der Waals surface area contributed by atoms with Crippen LogP contribution in [-0.2, 0) is 12.8 Å². The molecule has 4 rings (SSSR count). The Kier molecular flexibility index (Phi) is 4.47. The predicted molar refractivity (Wildman–Crippen MR) is 95.5 cm³/mol. The second-order valence-electron chi connectivity index (χ2n) is 6.58. The monoisotopic (exact) mass is 342 g/mol. The van der Waals surface area contributed by atoms with Gasteiger partial charge in [0.2, 0.25) is 0 Å². The highest BCUT2D eigenvalue weighted by molar-refractivity contribution is 7.10. The van der Waals surface area contributed by atoms with E-state index in [0.717, 1.165) is 50.2 Å². The minimum Gasteiger partial charge on any atom is -0.366 e. The smallest absolute Gasteiger partial charge is 0.254 e. The minimum absolute atomic E-state index is 0.229. The maximum atomic E-state index is 12.9. The summed E-state index contributed by atoms with van der Waals surface area (Å²) in [5.41, 5.74) is 2.30. The number of aryl methyl sites for hydroxylation is 1. The molecule has 24 heavy (non-hydrogen) atoms. The molecule has 1 fully saturated rings. The highest BCUT2D eigenvalue weighted by Crippen LogP contribution is 2.31. The van der Waals surface area contributed by atoms with Crippen molar-refractivity contribution >= 4 is 23.1 Å². The molecule has 126 valence electrons. The van der Waals surface area contributed by atoms with E-state index >= 15 is 0 Å². The van der Waals surface area contributed by atoms with Gasteiger partial charge in [-0.3, -0.25) is 4.79 Å². The third-order valence-electron chi connectivity index (χ3n) is 5.00. The molecule has 0 radical (unpaired) electrons. The second-order valence-corrected chi connectivity index (χ2v) is 7.54. The fourth-order valence-electron chi connectivity index (χ4n) is 3.66. The van der Waals surface area contributed by atoms with Gasteiger partial charge in [-0.2, -0.15) is 5.10 Å². The van der Waals surface area contributed by atoms with Gasteiger partial charge < -0.3 is 10.2 Å². The lowest BCUT2D eigenvalue weighted by molar-refractivity contribution is 0.0717. The summed E-state index contributed by atoms with van der Waals surface area (Å²) in [6.45, 7) is 1.61. The van der Waals surface area contributed by atoms with E-state index in [0.29, 0.717) is 6.04 Å². The van der Waals surface area contributed by atoms with E-state index < -0.39 is 0 Å². The molecule has 1 aliphatic carbocycles. The molecule has 1 N–H and O–H groups in total. The SMILES string of the molecule is O=C(c1csc2c1CCCC2)N1CCC(Nc2cccnn2)CC1. The fraction of sp³-hybridized carbons (Fsp3) is 0.500. The Hall–Kier alpha value is -1.95. The Morgan fingerprint density at radius 2 is 2.08 bits per heavy atom. The van der Waals surface area contributed by atoms with Crippen molar-refractivity contribution < 1.29 is 4.79 Å². The highest BCUT2D eigenvalue weighted by atomic mass is 32.1. The number of piperidine rings is 1. The number of hydrogen-bond donors (Lipinski definition) is 1. The Bertz CT molecular complexity index is 707. The summed E-state index contributed by atoms with van der Waals surface area (Å²) in [7, 11) is 0. The standard InChI is InChI=1S/C18H22N4OS/c23-18(15-12-24-16-5-2-1-4-14(15)16)22-10-7-13(8-11-22)20-17-6-3-9-19-21-17/h3,6,9,12-13H,1-2,4-5,7-8,10-11H2,(H,20,21). The number of carbonyl (C=O) groups excluding carboxylic acids is 1. The van der Waals surface area contributed by atoms with Gasteiger partial charge in [-0.25, -0.2) is 0 Å². The quantitative estimate of drug-likeness (QED) is 0.931. The molecule has 1 saturated heterocycles. The van der Waals surface area contributed by atoms with Crippen LogP contribution < -0.4 is 5.32 Å². The summed E-state index contributed by atoms with van der Waals surface area (Å²) in [4.78, 5) is 16.3. The number of nitrogens with zero attached hydrogens (tertiary/aromatic N) is 3. The van der Waals surface area contributed by atoms with Crippen LogP contribution in [-0.4, -0.2) is 40.1 Å². The van der Waals surface area contributed by atoms with Crippen LogP contribution in [0.2, 0.25) is 0 Å². The summed E-state index contributed by atoms with van der Waals surface area (Å²) >= 11 is 1.77. The zero-order valence-electron chi connectivity index (χ0n) is 13.7. The van der Waals surface area contributed by atoms with Crippen LogP contribution in [0.4, 0.5) is 5.82 Å². The van der Waals surface area contributed by atoms with Crippen molar-refractivity contribution in [2.75, 3.05) is 18.4 Å². The molecule has 1 aliphatic heterocycles. The van der Waals surface area contributed by atoms with E-state index in [1.807, 2.05) is 17.0 Å². The lowest BCUT2D eigenvalue weighted by atomic mass is 9.95. The molecule has 2 aliphatic rings. The first-order valence-electron chi connectivity index (χ1n) is 8.74. The number of rotatable bonds is 3. The Morgan fingerprint density at radius 1 is 1.25 bits per heavy atom. The molecule has 1 amide bonds. The maximum absolute atomic E-state index is 12.9. The van der Waals surface area contributed by atoms with Crippen LogP contribution in [0.25, 0.3) is 0 Å². The summed E-state index contributed by atoms with van der Waals surface area (Å²) in [6.07, 6.45) is 8.29. The van der Waals surface area contributed by atoms with Gasteiger partial charge in [0.05, 0.1) is 5.56 Å². The van der Waals surface area contributed by atoms with Gasteiger partial charge in [0.25, 0.3) is 5.91 Å². The van der Waals surface area contributed by atoms with Gasteiger partial charge in [0.15, 0.2) is 0 Å². The molecule has 5 nitrogen and oxygen atoms in total. The van der Waals surface area contributed by atoms with E-state index in [2.05, 4.69) is 20.9 Å². The van der Waals surface area contributed by atoms with Crippen molar-refractivity contribution in [3.8, 4) is 0 Å². The summed E-state index contributed by atoms with van der Waals surface area (Å²) < 4.78 is 0. The fourth-order valence-corrected chi connectivity index (χ4v) is 4.78. The third-order valence-corrected chi connectivity index (χ3v) is 6.09. The zero-order chi connectivity index (χ0) is 16.4. The molecule has 2 aromatic heterocycles. The van der Waals surface area contributed by atoms with Crippen LogP contribution in [0.1, 0.15) is 46.5 Å². The van der Waals surface area contributed by atoms with E-state index in [9.17, 15) is 4.79 Å². The minimum atomic E-state index is 0.229. The number of amides is 1. The molecular weight excluding hydrogens is 320 g/mol. The molecular formula is C18H22N4OS. The Balaban J connectivity index is 1.37. The molecule has 0 spiro atoms. The lowest BCUT2D eigenvalue weighted by Gasteiger charge is -2.32. The number of fused-ring (bicyclic) bond motifs is 1. The zero-order valence-corrected chi connectivity index (χ0v) is 14.5. The van der Waals surface area contributed by atoms with Gasteiger partial charge in [-0.05, 0) is 56.2 Å². The normalized spacial score (nSPS) is 18.2. The molecule has 2 aromatic rings. The highest BCUT2D eigenvalue weighted by Gasteiger charge is 2.27. The molecule has 0 bridgehead atoms. The number of hydrogen-bond acceptors (Lipinski definition) is 5. The average molecular weight is 342 g/mol. The van der Waals surface area contributed by atoms with Crippen molar-refractivity contribution in [3.63, 3.8) is 0 Å². The van der Waals surface area contributed by atoms with Gasteiger partial charge in [-0.15, -0.1) is 16.4 Å². The molecule has 0 unspecified atom stereocenters.